The number of fused-ring (bicyclic) bond motifs is 1. The van der Waals surface area contributed by atoms with E-state index in [-0.39, 0.29) is 17.2 Å². The van der Waals surface area contributed by atoms with Crippen LogP contribution in [0.5, 0.6) is 0 Å². The fourth-order valence-corrected chi connectivity index (χ4v) is 7.52. The Morgan fingerprint density at radius 3 is 2.31 bits per heavy atom. The van der Waals surface area contributed by atoms with Crippen molar-refractivity contribution < 1.29 is 32.4 Å². The van der Waals surface area contributed by atoms with E-state index in [0.29, 0.717) is 57.0 Å². The second-order valence-electron chi connectivity index (χ2n) is 12.1. The predicted molar refractivity (Wildman–Crippen MR) is 209 cm³/mol. The van der Waals surface area contributed by atoms with Crippen molar-refractivity contribution in [3.63, 3.8) is 0 Å². The SMILES string of the molecule is COCCN(CCOC)C(=O)CCc1ccc(-c2ccc(C(=O)NS(=O)(=O)c3ccc(NCCSc4ccccc4)c([N+](=O)[O-])c3)cc2)c2ncccc12. The van der Waals surface area contributed by atoms with Crippen LogP contribution in [0.15, 0.2) is 113 Å². The summed E-state index contributed by atoms with van der Waals surface area (Å²) >= 11 is 1.58. The first-order valence-corrected chi connectivity index (χ1v) is 19.6. The molecule has 0 aliphatic carbocycles. The number of rotatable bonds is 19. The minimum Gasteiger partial charge on any atom is -0.383 e. The fourth-order valence-electron chi connectivity index (χ4n) is 5.74. The number of pyridine rings is 1. The molecule has 0 saturated carbocycles. The van der Waals surface area contributed by atoms with Crippen molar-refractivity contribution in [3.05, 3.63) is 124 Å². The number of carbonyl (C=O) groups is 2. The number of aromatic nitrogens is 1. The van der Waals surface area contributed by atoms with E-state index >= 15 is 0 Å². The van der Waals surface area contributed by atoms with Crippen LogP contribution < -0.4 is 10.0 Å². The monoisotopic (exact) mass is 771 g/mol. The van der Waals surface area contributed by atoms with Gasteiger partial charge in [-0.05, 0) is 60.0 Å². The third-order valence-electron chi connectivity index (χ3n) is 8.54. The molecular formula is C39H41N5O8S2. The number of hydrogen-bond acceptors (Lipinski definition) is 11. The Bertz CT molecular complexity index is 2180. The zero-order valence-electron chi connectivity index (χ0n) is 29.9. The van der Waals surface area contributed by atoms with Crippen LogP contribution in [0.25, 0.3) is 22.0 Å². The second kappa shape index (κ2) is 19.1. The molecule has 0 aliphatic rings. The molecular weight excluding hydrogens is 731 g/mol. The standard InChI is InChI=1S/C39H41N5O8S2/c1-51-24-22-43(23-25-52-2)37(45)19-15-29-14-17-34(38-33(29)9-6-20-41-38)28-10-12-30(13-11-28)39(46)42-54(49,50)32-16-18-35(36(27-32)44(47)48)40-21-26-53-31-7-4-3-5-8-31/h3-14,16-18,20,27,40H,15,19,21-26H2,1-2H3,(H,42,46). The number of methoxy groups -OCH3 is 2. The van der Waals surface area contributed by atoms with Crippen molar-refractivity contribution >= 4 is 55.9 Å². The van der Waals surface area contributed by atoms with Crippen molar-refractivity contribution in [1.82, 2.24) is 14.6 Å². The summed E-state index contributed by atoms with van der Waals surface area (Å²) in [6, 6.07) is 27.2. The van der Waals surface area contributed by atoms with E-state index < -0.39 is 31.4 Å². The molecule has 1 aromatic heterocycles. The Morgan fingerprint density at radius 2 is 1.63 bits per heavy atom. The number of hydrogen-bond donors (Lipinski definition) is 2. The molecule has 0 atom stereocenters. The highest BCUT2D eigenvalue weighted by atomic mass is 32.2. The summed E-state index contributed by atoms with van der Waals surface area (Å²) in [5.41, 5.74) is 3.02. The molecule has 13 nitrogen and oxygen atoms in total. The largest absolute Gasteiger partial charge is 0.383 e. The number of nitrogens with one attached hydrogen (secondary N) is 2. The van der Waals surface area contributed by atoms with E-state index in [2.05, 4.69) is 10.3 Å². The van der Waals surface area contributed by atoms with Crippen LogP contribution in [0.3, 0.4) is 0 Å². The van der Waals surface area contributed by atoms with Gasteiger partial charge in [0.25, 0.3) is 21.6 Å². The van der Waals surface area contributed by atoms with Gasteiger partial charge in [0.2, 0.25) is 5.91 Å². The first kappa shape index (κ1) is 39.8. The van der Waals surface area contributed by atoms with Crippen LogP contribution in [0, 0.1) is 10.1 Å². The van der Waals surface area contributed by atoms with Gasteiger partial charge in [0.1, 0.15) is 5.69 Å². The number of nitro groups is 1. The van der Waals surface area contributed by atoms with Gasteiger partial charge in [-0.2, -0.15) is 0 Å². The van der Waals surface area contributed by atoms with Gasteiger partial charge in [0.05, 0.1) is 28.5 Å². The van der Waals surface area contributed by atoms with Crippen molar-refractivity contribution in [2.75, 3.05) is 58.1 Å². The van der Waals surface area contributed by atoms with E-state index in [4.69, 9.17) is 9.47 Å². The lowest BCUT2D eigenvalue weighted by Crippen LogP contribution is -2.36. The van der Waals surface area contributed by atoms with Gasteiger partial charge in [0.15, 0.2) is 0 Å². The molecule has 54 heavy (non-hydrogen) atoms. The lowest BCUT2D eigenvalue weighted by atomic mass is 9.96. The van der Waals surface area contributed by atoms with E-state index in [9.17, 15) is 28.1 Å². The predicted octanol–water partition coefficient (Wildman–Crippen LogP) is 6.19. The summed E-state index contributed by atoms with van der Waals surface area (Å²) in [5.74, 6) is -0.267. The normalized spacial score (nSPS) is 11.3. The zero-order chi connectivity index (χ0) is 38.5. The van der Waals surface area contributed by atoms with Gasteiger partial charge in [-0.1, -0.05) is 48.5 Å². The molecule has 0 unspecified atom stereocenters. The van der Waals surface area contributed by atoms with E-state index in [1.165, 1.54) is 24.3 Å². The maximum atomic E-state index is 13.2. The lowest BCUT2D eigenvalue weighted by molar-refractivity contribution is -0.384. The van der Waals surface area contributed by atoms with Crippen LogP contribution in [-0.2, 0) is 30.7 Å². The van der Waals surface area contributed by atoms with E-state index in [0.717, 1.165) is 33.0 Å². The number of nitro benzene ring substituents is 1. The summed E-state index contributed by atoms with van der Waals surface area (Å²) in [4.78, 5) is 44.3. The molecule has 15 heteroatoms. The summed E-state index contributed by atoms with van der Waals surface area (Å²) in [6.07, 6.45) is 2.48. The number of aryl methyl sites for hydroxylation is 1. The topological polar surface area (TPSA) is 170 Å². The average Bonchev–Trinajstić information content (AvgIpc) is 3.18. The van der Waals surface area contributed by atoms with Gasteiger partial charge in [-0.3, -0.25) is 24.7 Å². The van der Waals surface area contributed by atoms with Gasteiger partial charge < -0.3 is 19.7 Å². The molecule has 2 amide bonds. The molecule has 0 bridgehead atoms. The fraction of sp³-hybridized carbons (Fsp3) is 0.256. The lowest BCUT2D eigenvalue weighted by Gasteiger charge is -2.22. The quantitative estimate of drug-likeness (QED) is 0.0425. The summed E-state index contributed by atoms with van der Waals surface area (Å²) < 4.78 is 38.7. The number of carbonyl (C=O) groups excluding carboxylic acids is 2. The number of amides is 2. The molecule has 5 aromatic rings. The van der Waals surface area contributed by atoms with Gasteiger partial charge in [-0.25, -0.2) is 13.1 Å². The van der Waals surface area contributed by atoms with Crippen LogP contribution in [0.2, 0.25) is 0 Å². The maximum Gasteiger partial charge on any atom is 0.293 e. The van der Waals surface area contributed by atoms with E-state index in [1.807, 2.05) is 59.3 Å². The number of benzene rings is 4. The van der Waals surface area contributed by atoms with Crippen molar-refractivity contribution in [3.8, 4) is 11.1 Å². The number of ether oxygens (including phenoxy) is 2. The van der Waals surface area contributed by atoms with Crippen LogP contribution >= 0.6 is 11.8 Å². The Hall–Kier alpha value is -5.35. The number of sulfonamides is 1. The second-order valence-corrected chi connectivity index (χ2v) is 14.9. The molecule has 0 saturated heterocycles. The zero-order valence-corrected chi connectivity index (χ0v) is 31.5. The number of anilines is 1. The molecule has 1 heterocycles. The van der Waals surface area contributed by atoms with Crippen LogP contribution in [-0.4, -0.2) is 87.9 Å². The summed E-state index contributed by atoms with van der Waals surface area (Å²) in [6.45, 7) is 2.21. The van der Waals surface area contributed by atoms with Crippen molar-refractivity contribution in [2.45, 2.75) is 22.6 Å². The average molecular weight is 772 g/mol. The minimum absolute atomic E-state index is 0.00208. The molecule has 0 spiro atoms. The number of nitrogens with zero attached hydrogens (tertiary/aromatic N) is 3. The molecule has 4 aromatic carbocycles. The smallest absolute Gasteiger partial charge is 0.293 e. The minimum atomic E-state index is -4.45. The highest BCUT2D eigenvalue weighted by Gasteiger charge is 2.24. The first-order valence-electron chi connectivity index (χ1n) is 17.1. The third kappa shape index (κ3) is 10.4. The van der Waals surface area contributed by atoms with Crippen LogP contribution in [0.4, 0.5) is 11.4 Å². The van der Waals surface area contributed by atoms with Gasteiger partial charge in [-0.15, -0.1) is 11.8 Å². The Kier molecular flexibility index (Phi) is 14.1. The van der Waals surface area contributed by atoms with Gasteiger partial charge in [0, 0.05) is 79.7 Å². The Morgan fingerprint density at radius 1 is 0.907 bits per heavy atom. The first-order chi connectivity index (χ1) is 26.1. The Balaban J connectivity index is 1.25. The Labute approximate surface area is 318 Å². The molecule has 0 radical (unpaired) electrons. The third-order valence-corrected chi connectivity index (χ3v) is 10.9. The van der Waals surface area contributed by atoms with Crippen LogP contribution in [0.1, 0.15) is 22.3 Å². The van der Waals surface area contributed by atoms with E-state index in [1.54, 1.807) is 49.2 Å². The summed E-state index contributed by atoms with van der Waals surface area (Å²) in [5, 5.41) is 15.7. The number of thioether (sulfide) groups is 1. The van der Waals surface area contributed by atoms with Crippen molar-refractivity contribution in [1.29, 1.82) is 0 Å². The van der Waals surface area contributed by atoms with Gasteiger partial charge >= 0.3 is 0 Å². The summed E-state index contributed by atoms with van der Waals surface area (Å²) in [7, 11) is -1.26. The van der Waals surface area contributed by atoms with Crippen molar-refractivity contribution in [2.24, 2.45) is 0 Å². The highest BCUT2D eigenvalue weighted by molar-refractivity contribution is 7.99. The molecule has 5 rings (SSSR count). The molecule has 282 valence electrons. The molecule has 0 fully saturated rings. The molecule has 0 aliphatic heterocycles. The highest BCUT2D eigenvalue weighted by Crippen LogP contribution is 2.31. The maximum absolute atomic E-state index is 13.2. The molecule has 2 N–H and O–H groups in total.